The van der Waals surface area contributed by atoms with Gasteiger partial charge in [-0.25, -0.2) is 0 Å². The first kappa shape index (κ1) is 13.1. The van der Waals surface area contributed by atoms with E-state index >= 15 is 0 Å². The van der Waals surface area contributed by atoms with Crippen LogP contribution in [0.15, 0.2) is 22.7 Å². The highest BCUT2D eigenvalue weighted by atomic mass is 79.9. The van der Waals surface area contributed by atoms with E-state index < -0.39 is 17.4 Å². The van der Waals surface area contributed by atoms with Gasteiger partial charge in [0, 0.05) is 4.47 Å². The molecule has 96 valence electrons. The molecule has 5 heteroatoms. The zero-order valence-electron chi connectivity index (χ0n) is 10.2. The fourth-order valence-electron chi connectivity index (χ4n) is 2.41. The lowest BCUT2D eigenvalue weighted by Crippen LogP contribution is -2.42. The number of benzene rings is 1. The lowest BCUT2D eigenvalue weighted by molar-refractivity contribution is -0.168. The molecule has 0 aliphatic heterocycles. The van der Waals surface area contributed by atoms with Crippen LogP contribution in [-0.2, 0) is 31.9 Å². The number of methoxy groups -OCH3 is 2. The third-order valence-electron chi connectivity index (χ3n) is 3.31. The smallest absolute Gasteiger partial charge is 0.323 e. The quantitative estimate of drug-likeness (QED) is 0.618. The van der Waals surface area contributed by atoms with Gasteiger partial charge in [0.1, 0.15) is 0 Å². The summed E-state index contributed by atoms with van der Waals surface area (Å²) in [5, 5.41) is 0. The van der Waals surface area contributed by atoms with Gasteiger partial charge in [-0.1, -0.05) is 22.0 Å². The molecule has 0 bridgehead atoms. The molecule has 0 saturated heterocycles. The number of carbonyl (C=O) groups is 2. The molecule has 18 heavy (non-hydrogen) atoms. The second-order valence-electron chi connectivity index (χ2n) is 4.33. The van der Waals surface area contributed by atoms with Gasteiger partial charge in [-0.2, -0.15) is 0 Å². The highest BCUT2D eigenvalue weighted by Gasteiger charge is 2.52. The summed E-state index contributed by atoms with van der Waals surface area (Å²) in [6.07, 6.45) is 0.649. The summed E-state index contributed by atoms with van der Waals surface area (Å²) in [5.41, 5.74) is 0.723. The van der Waals surface area contributed by atoms with Crippen molar-refractivity contribution in [2.24, 2.45) is 5.41 Å². The number of esters is 2. The summed E-state index contributed by atoms with van der Waals surface area (Å²) >= 11 is 3.38. The number of hydrogen-bond donors (Lipinski definition) is 0. The summed E-state index contributed by atoms with van der Waals surface area (Å²) in [6.45, 7) is 0. The minimum Gasteiger partial charge on any atom is -0.468 e. The normalized spacial score (nSPS) is 15.9. The maximum Gasteiger partial charge on any atom is 0.323 e. The predicted octanol–water partition coefficient (Wildman–Crippen LogP) is 1.88. The van der Waals surface area contributed by atoms with Crippen LogP contribution in [0.2, 0.25) is 0 Å². The SMILES string of the molecule is COC(=O)C1(C(=O)OC)Cc2ccc(Br)cc2C1. The molecule has 0 spiro atoms. The van der Waals surface area contributed by atoms with Gasteiger partial charge >= 0.3 is 11.9 Å². The molecule has 0 aromatic heterocycles. The van der Waals surface area contributed by atoms with E-state index in [4.69, 9.17) is 9.47 Å². The van der Waals surface area contributed by atoms with E-state index in [1.165, 1.54) is 14.2 Å². The summed E-state index contributed by atoms with van der Waals surface area (Å²) in [7, 11) is 2.57. The molecule has 0 radical (unpaired) electrons. The first-order valence-electron chi connectivity index (χ1n) is 5.47. The number of ether oxygens (including phenoxy) is 2. The van der Waals surface area contributed by atoms with Crippen LogP contribution in [0.5, 0.6) is 0 Å². The van der Waals surface area contributed by atoms with E-state index in [0.717, 1.165) is 15.6 Å². The fraction of sp³-hybridized carbons (Fsp3) is 0.385. The van der Waals surface area contributed by atoms with Gasteiger partial charge in [0.2, 0.25) is 0 Å². The molecule has 0 fully saturated rings. The number of rotatable bonds is 2. The molecule has 0 heterocycles. The molecular formula is C13H13BrO4. The summed E-state index contributed by atoms with van der Waals surface area (Å²) in [5.74, 6) is -1.08. The van der Waals surface area contributed by atoms with Gasteiger partial charge in [0.15, 0.2) is 5.41 Å². The van der Waals surface area contributed by atoms with E-state index in [2.05, 4.69) is 15.9 Å². The Morgan fingerprint density at radius 3 is 2.22 bits per heavy atom. The summed E-state index contributed by atoms with van der Waals surface area (Å²) in [6, 6.07) is 5.72. The van der Waals surface area contributed by atoms with E-state index in [0.29, 0.717) is 12.8 Å². The van der Waals surface area contributed by atoms with E-state index in [1.54, 1.807) is 0 Å². The first-order chi connectivity index (χ1) is 8.53. The van der Waals surface area contributed by atoms with Crippen LogP contribution in [0.25, 0.3) is 0 Å². The second-order valence-corrected chi connectivity index (χ2v) is 5.25. The van der Waals surface area contributed by atoms with Crippen molar-refractivity contribution in [2.75, 3.05) is 14.2 Å². The minimum absolute atomic E-state index is 0.321. The highest BCUT2D eigenvalue weighted by molar-refractivity contribution is 9.10. The average molecular weight is 313 g/mol. The van der Waals surface area contributed by atoms with Crippen LogP contribution < -0.4 is 0 Å². The van der Waals surface area contributed by atoms with Crippen molar-refractivity contribution in [3.05, 3.63) is 33.8 Å². The molecule has 0 N–H and O–H groups in total. The molecule has 0 amide bonds. The zero-order chi connectivity index (χ0) is 13.3. The molecule has 1 aliphatic rings. The molecule has 0 atom stereocenters. The van der Waals surface area contributed by atoms with E-state index in [9.17, 15) is 9.59 Å². The van der Waals surface area contributed by atoms with Crippen LogP contribution in [0.4, 0.5) is 0 Å². The molecule has 2 rings (SSSR count). The van der Waals surface area contributed by atoms with Gasteiger partial charge in [0.05, 0.1) is 14.2 Å². The number of hydrogen-bond acceptors (Lipinski definition) is 4. The summed E-state index contributed by atoms with van der Waals surface area (Å²) < 4.78 is 10.5. The molecule has 0 unspecified atom stereocenters. The molecule has 1 aromatic rings. The Balaban J connectivity index is 2.43. The molecule has 1 aliphatic carbocycles. The van der Waals surface area contributed by atoms with Crippen LogP contribution in [0.1, 0.15) is 11.1 Å². The van der Waals surface area contributed by atoms with Crippen molar-refractivity contribution in [3.8, 4) is 0 Å². The number of halogens is 1. The van der Waals surface area contributed by atoms with E-state index in [-0.39, 0.29) is 0 Å². The Morgan fingerprint density at radius 1 is 1.11 bits per heavy atom. The van der Waals surface area contributed by atoms with Crippen LogP contribution in [0.3, 0.4) is 0 Å². The largest absolute Gasteiger partial charge is 0.468 e. The van der Waals surface area contributed by atoms with Crippen molar-refractivity contribution in [2.45, 2.75) is 12.8 Å². The van der Waals surface area contributed by atoms with Crippen LogP contribution >= 0.6 is 15.9 Å². The highest BCUT2D eigenvalue weighted by Crippen LogP contribution is 2.40. The Kier molecular flexibility index (Phi) is 3.43. The predicted molar refractivity (Wildman–Crippen MR) is 68.0 cm³/mol. The monoisotopic (exact) mass is 312 g/mol. The molecule has 1 aromatic carbocycles. The van der Waals surface area contributed by atoms with Crippen LogP contribution in [-0.4, -0.2) is 26.2 Å². The molecule has 4 nitrogen and oxygen atoms in total. The Bertz CT molecular complexity index is 494. The summed E-state index contributed by atoms with van der Waals surface area (Å²) in [4.78, 5) is 23.9. The standard InChI is InChI=1S/C13H13BrO4/c1-17-11(15)13(12(16)18-2)6-8-3-4-10(14)5-9(8)7-13/h3-5H,6-7H2,1-2H3. The molecule has 0 saturated carbocycles. The van der Waals surface area contributed by atoms with Gasteiger partial charge in [0.25, 0.3) is 0 Å². The zero-order valence-corrected chi connectivity index (χ0v) is 11.7. The third kappa shape index (κ3) is 1.92. The lowest BCUT2D eigenvalue weighted by Gasteiger charge is -2.22. The lowest BCUT2D eigenvalue weighted by atomic mass is 9.85. The van der Waals surface area contributed by atoms with Gasteiger partial charge in [-0.3, -0.25) is 9.59 Å². The third-order valence-corrected chi connectivity index (χ3v) is 3.80. The first-order valence-corrected chi connectivity index (χ1v) is 6.27. The van der Waals surface area contributed by atoms with Crippen molar-refractivity contribution in [3.63, 3.8) is 0 Å². The number of carbonyl (C=O) groups excluding carboxylic acids is 2. The van der Waals surface area contributed by atoms with E-state index in [1.807, 2.05) is 18.2 Å². The van der Waals surface area contributed by atoms with Crippen molar-refractivity contribution in [1.29, 1.82) is 0 Å². The maximum absolute atomic E-state index is 12.0. The van der Waals surface area contributed by atoms with Crippen molar-refractivity contribution >= 4 is 27.9 Å². The Morgan fingerprint density at radius 2 is 1.67 bits per heavy atom. The second kappa shape index (κ2) is 4.72. The Hall–Kier alpha value is -1.36. The average Bonchev–Trinajstić information content (AvgIpc) is 2.76. The molecular weight excluding hydrogens is 300 g/mol. The minimum atomic E-state index is -1.23. The maximum atomic E-state index is 12.0. The van der Waals surface area contributed by atoms with Gasteiger partial charge < -0.3 is 9.47 Å². The van der Waals surface area contributed by atoms with Crippen molar-refractivity contribution in [1.82, 2.24) is 0 Å². The van der Waals surface area contributed by atoms with Gasteiger partial charge in [-0.15, -0.1) is 0 Å². The van der Waals surface area contributed by atoms with Gasteiger partial charge in [-0.05, 0) is 36.1 Å². The van der Waals surface area contributed by atoms with Crippen molar-refractivity contribution < 1.29 is 19.1 Å². The topological polar surface area (TPSA) is 52.6 Å². The van der Waals surface area contributed by atoms with Crippen LogP contribution in [0, 0.1) is 5.41 Å². The number of fused-ring (bicyclic) bond motifs is 1. The Labute approximate surface area is 113 Å². The fourth-order valence-corrected chi connectivity index (χ4v) is 2.82.